The van der Waals surface area contributed by atoms with Gasteiger partial charge in [-0.25, -0.2) is 0 Å². The SMILES string of the molecule is O=C(NC1CCN2CCCCC12)C1CC=CCC1. The molecule has 0 aromatic heterocycles. The molecule has 2 fully saturated rings. The highest BCUT2D eigenvalue weighted by atomic mass is 16.2. The van der Waals surface area contributed by atoms with E-state index in [0.717, 1.165) is 25.7 Å². The molecule has 0 bridgehead atoms. The molecule has 0 saturated carbocycles. The first-order valence-corrected chi connectivity index (χ1v) is 7.54. The summed E-state index contributed by atoms with van der Waals surface area (Å²) in [6.07, 6.45) is 12.5. The second-order valence-corrected chi connectivity index (χ2v) is 5.98. The summed E-state index contributed by atoms with van der Waals surface area (Å²) in [6.45, 7) is 2.42. The first-order chi connectivity index (χ1) is 8.84. The van der Waals surface area contributed by atoms with E-state index in [0.29, 0.717) is 18.0 Å². The van der Waals surface area contributed by atoms with Gasteiger partial charge in [0.25, 0.3) is 0 Å². The highest BCUT2D eigenvalue weighted by molar-refractivity contribution is 5.79. The lowest BCUT2D eigenvalue weighted by atomic mass is 9.92. The second-order valence-electron chi connectivity index (χ2n) is 5.98. The predicted octanol–water partition coefficient (Wildman–Crippen LogP) is 2.09. The van der Waals surface area contributed by atoms with E-state index in [1.54, 1.807) is 0 Å². The Balaban J connectivity index is 1.56. The predicted molar refractivity (Wildman–Crippen MR) is 72.2 cm³/mol. The number of rotatable bonds is 2. The van der Waals surface area contributed by atoms with Crippen LogP contribution in [0.4, 0.5) is 0 Å². The molecule has 0 radical (unpaired) electrons. The van der Waals surface area contributed by atoms with E-state index in [9.17, 15) is 4.79 Å². The molecule has 2 saturated heterocycles. The molecule has 1 N–H and O–H groups in total. The van der Waals surface area contributed by atoms with Crippen molar-refractivity contribution in [2.45, 2.75) is 57.0 Å². The average molecular weight is 248 g/mol. The summed E-state index contributed by atoms with van der Waals surface area (Å²) in [7, 11) is 0. The molecule has 2 aliphatic heterocycles. The highest BCUT2D eigenvalue weighted by Crippen LogP contribution is 2.28. The lowest BCUT2D eigenvalue weighted by molar-refractivity contribution is -0.126. The van der Waals surface area contributed by atoms with E-state index in [-0.39, 0.29) is 5.92 Å². The maximum Gasteiger partial charge on any atom is 0.223 e. The number of carbonyl (C=O) groups is 1. The number of carbonyl (C=O) groups excluding carboxylic acids is 1. The zero-order valence-electron chi connectivity index (χ0n) is 11.1. The van der Waals surface area contributed by atoms with Crippen molar-refractivity contribution in [3.63, 3.8) is 0 Å². The summed E-state index contributed by atoms with van der Waals surface area (Å²) >= 11 is 0. The molecular formula is C15H24N2O. The van der Waals surface area contributed by atoms with E-state index in [2.05, 4.69) is 22.4 Å². The zero-order valence-corrected chi connectivity index (χ0v) is 11.1. The van der Waals surface area contributed by atoms with Gasteiger partial charge in [0, 0.05) is 24.5 Å². The molecule has 18 heavy (non-hydrogen) atoms. The van der Waals surface area contributed by atoms with Gasteiger partial charge in [-0.15, -0.1) is 0 Å². The molecule has 3 heteroatoms. The lowest BCUT2D eigenvalue weighted by Crippen LogP contribution is -2.48. The third-order valence-corrected chi connectivity index (χ3v) is 4.82. The van der Waals surface area contributed by atoms with Gasteiger partial charge in [0.2, 0.25) is 5.91 Å². The number of nitrogens with zero attached hydrogens (tertiary/aromatic N) is 1. The molecule has 3 unspecified atom stereocenters. The largest absolute Gasteiger partial charge is 0.351 e. The Kier molecular flexibility index (Phi) is 3.69. The van der Waals surface area contributed by atoms with Crippen molar-refractivity contribution in [1.29, 1.82) is 0 Å². The van der Waals surface area contributed by atoms with Crippen molar-refractivity contribution < 1.29 is 4.79 Å². The van der Waals surface area contributed by atoms with Crippen LogP contribution in [0.5, 0.6) is 0 Å². The summed E-state index contributed by atoms with van der Waals surface area (Å²) < 4.78 is 0. The molecule has 1 aliphatic carbocycles. The van der Waals surface area contributed by atoms with Crippen molar-refractivity contribution >= 4 is 5.91 Å². The average Bonchev–Trinajstić information content (AvgIpc) is 2.83. The van der Waals surface area contributed by atoms with Gasteiger partial charge in [-0.3, -0.25) is 9.69 Å². The van der Waals surface area contributed by atoms with Crippen molar-refractivity contribution in [1.82, 2.24) is 10.2 Å². The number of piperidine rings is 1. The lowest BCUT2D eigenvalue weighted by Gasteiger charge is -2.33. The first kappa shape index (κ1) is 12.2. The molecule has 0 aromatic carbocycles. The standard InChI is InChI=1S/C15H24N2O/c18-15(12-6-2-1-3-7-12)16-13-9-11-17-10-5-4-8-14(13)17/h1-2,12-14H,3-11H2,(H,16,18). The third kappa shape index (κ3) is 2.46. The number of amides is 1. The van der Waals surface area contributed by atoms with Gasteiger partial charge in [0.15, 0.2) is 0 Å². The molecule has 3 atom stereocenters. The Labute approximate surface area is 110 Å². The molecule has 1 amide bonds. The highest BCUT2D eigenvalue weighted by Gasteiger charge is 2.36. The van der Waals surface area contributed by atoms with Crippen LogP contribution in [-0.4, -0.2) is 36.0 Å². The number of nitrogens with one attached hydrogen (secondary N) is 1. The second kappa shape index (κ2) is 5.43. The van der Waals surface area contributed by atoms with Gasteiger partial charge in [-0.2, -0.15) is 0 Å². The van der Waals surface area contributed by atoms with E-state index < -0.39 is 0 Å². The van der Waals surface area contributed by atoms with Gasteiger partial charge < -0.3 is 5.32 Å². The van der Waals surface area contributed by atoms with E-state index in [1.165, 1.54) is 32.4 Å². The Morgan fingerprint density at radius 1 is 1.11 bits per heavy atom. The van der Waals surface area contributed by atoms with Crippen LogP contribution in [0.15, 0.2) is 12.2 Å². The number of hydrogen-bond donors (Lipinski definition) is 1. The molecule has 3 aliphatic rings. The topological polar surface area (TPSA) is 32.3 Å². The molecule has 3 nitrogen and oxygen atoms in total. The fourth-order valence-electron chi connectivity index (χ4n) is 3.75. The Morgan fingerprint density at radius 2 is 2.06 bits per heavy atom. The summed E-state index contributed by atoms with van der Waals surface area (Å²) in [5.41, 5.74) is 0. The number of hydrogen-bond acceptors (Lipinski definition) is 2. The normalized spacial score (nSPS) is 36.3. The fraction of sp³-hybridized carbons (Fsp3) is 0.800. The van der Waals surface area contributed by atoms with Gasteiger partial charge >= 0.3 is 0 Å². The number of fused-ring (bicyclic) bond motifs is 1. The van der Waals surface area contributed by atoms with Gasteiger partial charge in [0.1, 0.15) is 0 Å². The molecule has 0 aromatic rings. The van der Waals surface area contributed by atoms with Crippen LogP contribution in [-0.2, 0) is 4.79 Å². The first-order valence-electron chi connectivity index (χ1n) is 7.54. The Morgan fingerprint density at radius 3 is 2.89 bits per heavy atom. The summed E-state index contributed by atoms with van der Waals surface area (Å²) in [4.78, 5) is 14.8. The quantitative estimate of drug-likeness (QED) is 0.759. The van der Waals surface area contributed by atoms with Crippen molar-refractivity contribution in [2.75, 3.05) is 13.1 Å². The molecule has 100 valence electrons. The van der Waals surface area contributed by atoms with Crippen LogP contribution < -0.4 is 5.32 Å². The van der Waals surface area contributed by atoms with Gasteiger partial charge in [0.05, 0.1) is 0 Å². The van der Waals surface area contributed by atoms with Crippen LogP contribution in [0.25, 0.3) is 0 Å². The Bertz CT molecular complexity index is 339. The number of allylic oxidation sites excluding steroid dienone is 2. The summed E-state index contributed by atoms with van der Waals surface area (Å²) in [5.74, 6) is 0.532. The van der Waals surface area contributed by atoms with Crippen LogP contribution in [0.1, 0.15) is 44.9 Å². The van der Waals surface area contributed by atoms with E-state index in [4.69, 9.17) is 0 Å². The zero-order chi connectivity index (χ0) is 12.4. The van der Waals surface area contributed by atoms with Crippen molar-refractivity contribution in [3.8, 4) is 0 Å². The minimum absolute atomic E-state index is 0.229. The van der Waals surface area contributed by atoms with Crippen LogP contribution >= 0.6 is 0 Å². The molecule has 3 rings (SSSR count). The summed E-state index contributed by atoms with van der Waals surface area (Å²) in [6, 6.07) is 1.05. The monoisotopic (exact) mass is 248 g/mol. The summed E-state index contributed by atoms with van der Waals surface area (Å²) in [5, 5.41) is 3.33. The van der Waals surface area contributed by atoms with Gasteiger partial charge in [-0.05, 0) is 45.1 Å². The van der Waals surface area contributed by atoms with Crippen LogP contribution in [0.2, 0.25) is 0 Å². The molecule has 0 spiro atoms. The minimum Gasteiger partial charge on any atom is -0.351 e. The van der Waals surface area contributed by atoms with Crippen molar-refractivity contribution in [3.05, 3.63) is 12.2 Å². The van der Waals surface area contributed by atoms with Crippen LogP contribution in [0.3, 0.4) is 0 Å². The van der Waals surface area contributed by atoms with Crippen LogP contribution in [0, 0.1) is 5.92 Å². The maximum atomic E-state index is 12.3. The van der Waals surface area contributed by atoms with E-state index in [1.807, 2.05) is 0 Å². The van der Waals surface area contributed by atoms with Gasteiger partial charge in [-0.1, -0.05) is 18.6 Å². The smallest absolute Gasteiger partial charge is 0.223 e. The Hall–Kier alpha value is -0.830. The van der Waals surface area contributed by atoms with E-state index >= 15 is 0 Å². The molecule has 2 heterocycles. The molecular weight excluding hydrogens is 224 g/mol. The minimum atomic E-state index is 0.229. The fourth-order valence-corrected chi connectivity index (χ4v) is 3.75. The third-order valence-electron chi connectivity index (χ3n) is 4.82. The van der Waals surface area contributed by atoms with Crippen molar-refractivity contribution in [2.24, 2.45) is 5.92 Å². The maximum absolute atomic E-state index is 12.3.